The smallest absolute Gasteiger partial charge is 0.290 e. The van der Waals surface area contributed by atoms with E-state index in [1.165, 1.54) is 16.8 Å². The van der Waals surface area contributed by atoms with Gasteiger partial charge in [-0.2, -0.15) is 0 Å². The standard InChI is InChI=1S/C5H5BrN2O2/c6-3-8-2-1-4(9)7-5(8)10/h1-2H,3H2,(H,7,9,10). The van der Waals surface area contributed by atoms with Crippen molar-refractivity contribution in [2.75, 3.05) is 0 Å². The third-order valence-corrected chi connectivity index (χ3v) is 1.57. The minimum atomic E-state index is -0.399. The molecular formula is C5H5BrN2O2. The highest BCUT2D eigenvalue weighted by atomic mass is 79.9. The molecular weight excluding hydrogens is 200 g/mol. The fraction of sp³-hybridized carbons (Fsp3) is 0.200. The van der Waals surface area contributed by atoms with Crippen LogP contribution in [0.4, 0.5) is 0 Å². The van der Waals surface area contributed by atoms with Crippen LogP contribution < -0.4 is 11.2 Å². The maximum atomic E-state index is 10.7. The Morgan fingerprint density at radius 1 is 1.60 bits per heavy atom. The lowest BCUT2D eigenvalue weighted by atomic mass is 10.6. The average molecular weight is 205 g/mol. The summed E-state index contributed by atoms with van der Waals surface area (Å²) in [5.41, 5.74) is -0.380. The first-order chi connectivity index (χ1) is 4.74. The van der Waals surface area contributed by atoms with Crippen LogP contribution in [0, 0.1) is 0 Å². The van der Waals surface area contributed by atoms with E-state index < -0.39 is 5.69 Å². The Bertz CT molecular complexity index is 327. The highest BCUT2D eigenvalue weighted by molar-refractivity contribution is 9.08. The topological polar surface area (TPSA) is 54.9 Å². The molecule has 4 nitrogen and oxygen atoms in total. The second-order valence-corrected chi connectivity index (χ2v) is 2.20. The molecule has 0 radical (unpaired) electrons. The minimum absolute atomic E-state index is 0.373. The third-order valence-electron chi connectivity index (χ3n) is 1.03. The van der Waals surface area contributed by atoms with Gasteiger partial charge in [0, 0.05) is 12.3 Å². The van der Waals surface area contributed by atoms with Crippen molar-refractivity contribution in [1.82, 2.24) is 9.55 Å². The van der Waals surface area contributed by atoms with Gasteiger partial charge in [0.15, 0.2) is 0 Å². The molecule has 0 aliphatic carbocycles. The summed E-state index contributed by atoms with van der Waals surface area (Å²) in [7, 11) is 0. The first kappa shape index (κ1) is 7.27. The molecule has 1 rings (SSSR count). The molecule has 0 bridgehead atoms. The van der Waals surface area contributed by atoms with Crippen molar-refractivity contribution in [3.8, 4) is 0 Å². The first-order valence-electron chi connectivity index (χ1n) is 2.60. The van der Waals surface area contributed by atoms with Crippen LogP contribution in [0.25, 0.3) is 0 Å². The second kappa shape index (κ2) is 2.83. The molecule has 5 heteroatoms. The van der Waals surface area contributed by atoms with Crippen LogP contribution in [0.1, 0.15) is 0 Å². The number of aromatic nitrogens is 2. The van der Waals surface area contributed by atoms with Crippen LogP contribution in [0.2, 0.25) is 0 Å². The molecule has 0 aliphatic rings. The zero-order valence-corrected chi connectivity index (χ0v) is 6.59. The quantitative estimate of drug-likeness (QED) is 0.650. The molecule has 0 amide bonds. The minimum Gasteiger partial charge on any atom is -0.290 e. The molecule has 1 heterocycles. The van der Waals surface area contributed by atoms with Gasteiger partial charge in [-0.25, -0.2) is 4.79 Å². The van der Waals surface area contributed by atoms with Crippen LogP contribution in [0.5, 0.6) is 0 Å². The third kappa shape index (κ3) is 1.36. The lowest BCUT2D eigenvalue weighted by molar-refractivity contribution is 0.791. The molecule has 1 N–H and O–H groups in total. The van der Waals surface area contributed by atoms with Gasteiger partial charge in [0.25, 0.3) is 5.56 Å². The second-order valence-electron chi connectivity index (χ2n) is 1.70. The van der Waals surface area contributed by atoms with Gasteiger partial charge < -0.3 is 0 Å². The van der Waals surface area contributed by atoms with Crippen molar-refractivity contribution < 1.29 is 0 Å². The Morgan fingerprint density at radius 2 is 2.30 bits per heavy atom. The summed E-state index contributed by atoms with van der Waals surface area (Å²) < 4.78 is 1.33. The number of nitrogens with one attached hydrogen (secondary N) is 1. The van der Waals surface area contributed by atoms with Crippen LogP contribution in [0.3, 0.4) is 0 Å². The number of halogens is 1. The van der Waals surface area contributed by atoms with Gasteiger partial charge in [-0.1, -0.05) is 15.9 Å². The summed E-state index contributed by atoms with van der Waals surface area (Å²) in [6, 6.07) is 1.29. The van der Waals surface area contributed by atoms with E-state index in [1.54, 1.807) is 0 Å². The lowest BCUT2D eigenvalue weighted by Crippen LogP contribution is -2.27. The lowest BCUT2D eigenvalue weighted by Gasteiger charge is -1.94. The number of hydrogen-bond donors (Lipinski definition) is 1. The molecule has 1 aromatic heterocycles. The van der Waals surface area contributed by atoms with Gasteiger partial charge >= 0.3 is 5.69 Å². The largest absolute Gasteiger partial charge is 0.329 e. The van der Waals surface area contributed by atoms with Crippen molar-refractivity contribution >= 4 is 15.9 Å². The zero-order chi connectivity index (χ0) is 7.56. The Balaban J connectivity index is 3.34. The van der Waals surface area contributed by atoms with Gasteiger partial charge in [0.1, 0.15) is 0 Å². The molecule has 0 saturated carbocycles. The molecule has 0 unspecified atom stereocenters. The van der Waals surface area contributed by atoms with E-state index in [4.69, 9.17) is 0 Å². The molecule has 0 aliphatic heterocycles. The van der Waals surface area contributed by atoms with Gasteiger partial charge in [-0.3, -0.25) is 14.3 Å². The highest BCUT2D eigenvalue weighted by Crippen LogP contribution is 1.82. The zero-order valence-electron chi connectivity index (χ0n) is 5.00. The molecule has 10 heavy (non-hydrogen) atoms. The van der Waals surface area contributed by atoms with Crippen molar-refractivity contribution in [3.63, 3.8) is 0 Å². The number of H-pyrrole nitrogens is 1. The van der Waals surface area contributed by atoms with Gasteiger partial charge in [-0.15, -0.1) is 0 Å². The van der Waals surface area contributed by atoms with Crippen LogP contribution in [0.15, 0.2) is 21.9 Å². The molecule has 1 aromatic rings. The predicted octanol–water partition coefficient (Wildman–Crippen LogP) is -0.111. The van der Waals surface area contributed by atoms with E-state index in [1.807, 2.05) is 0 Å². The SMILES string of the molecule is O=c1ccn(CBr)c(=O)[nH]1. The normalized spacial score (nSPS) is 9.70. The van der Waals surface area contributed by atoms with Crippen molar-refractivity contribution in [3.05, 3.63) is 33.1 Å². The summed E-state index contributed by atoms with van der Waals surface area (Å²) in [5, 5.41) is 0. The van der Waals surface area contributed by atoms with Crippen LogP contribution in [-0.2, 0) is 5.45 Å². The van der Waals surface area contributed by atoms with E-state index >= 15 is 0 Å². The summed E-state index contributed by atoms with van der Waals surface area (Å²) in [6.07, 6.45) is 1.43. The van der Waals surface area contributed by atoms with Crippen molar-refractivity contribution in [2.24, 2.45) is 0 Å². The Hall–Kier alpha value is -0.840. The van der Waals surface area contributed by atoms with Crippen molar-refractivity contribution in [2.45, 2.75) is 5.45 Å². The van der Waals surface area contributed by atoms with E-state index in [0.29, 0.717) is 5.45 Å². The maximum absolute atomic E-state index is 10.7. The highest BCUT2D eigenvalue weighted by Gasteiger charge is 1.90. The number of rotatable bonds is 1. The maximum Gasteiger partial charge on any atom is 0.329 e. The fourth-order valence-electron chi connectivity index (χ4n) is 0.538. The molecule has 0 aromatic carbocycles. The average Bonchev–Trinajstić information content (AvgIpc) is 1.88. The Labute approximate surface area is 64.6 Å². The van der Waals surface area contributed by atoms with E-state index in [0.717, 1.165) is 0 Å². The predicted molar refractivity (Wildman–Crippen MR) is 40.2 cm³/mol. The Morgan fingerprint density at radius 3 is 2.80 bits per heavy atom. The van der Waals surface area contributed by atoms with E-state index in [-0.39, 0.29) is 5.56 Å². The van der Waals surface area contributed by atoms with E-state index in [2.05, 4.69) is 20.9 Å². The fourth-order valence-corrected chi connectivity index (χ4v) is 0.933. The Kier molecular flexibility index (Phi) is 2.06. The molecule has 0 spiro atoms. The number of nitrogens with zero attached hydrogens (tertiary/aromatic N) is 1. The molecule has 0 atom stereocenters. The molecule has 54 valence electrons. The van der Waals surface area contributed by atoms with Gasteiger partial charge in [0.2, 0.25) is 0 Å². The number of aromatic amines is 1. The summed E-state index contributed by atoms with van der Waals surface area (Å²) in [4.78, 5) is 23.3. The number of hydrogen-bond acceptors (Lipinski definition) is 2. The van der Waals surface area contributed by atoms with Crippen molar-refractivity contribution in [1.29, 1.82) is 0 Å². The summed E-state index contributed by atoms with van der Waals surface area (Å²) >= 11 is 3.07. The molecule has 0 fully saturated rings. The monoisotopic (exact) mass is 204 g/mol. The number of alkyl halides is 1. The summed E-state index contributed by atoms with van der Waals surface area (Å²) in [6.45, 7) is 0. The first-order valence-corrected chi connectivity index (χ1v) is 3.72. The molecule has 0 saturated heterocycles. The van der Waals surface area contributed by atoms with Crippen LogP contribution >= 0.6 is 15.9 Å². The van der Waals surface area contributed by atoms with Gasteiger partial charge in [0.05, 0.1) is 5.45 Å². The van der Waals surface area contributed by atoms with E-state index in [9.17, 15) is 9.59 Å². The van der Waals surface area contributed by atoms with Gasteiger partial charge in [-0.05, 0) is 0 Å². The summed E-state index contributed by atoms with van der Waals surface area (Å²) in [5.74, 6) is 0. The van der Waals surface area contributed by atoms with Crippen LogP contribution in [-0.4, -0.2) is 9.55 Å².